The van der Waals surface area contributed by atoms with E-state index in [1.54, 1.807) is 0 Å². The minimum Gasteiger partial charge on any atom is -0.352 e. The molecular formula is C21H45ClIO2P. The molecule has 1 atom stereocenters. The Kier molecular flexibility index (Phi) is 41.1. The lowest BCUT2D eigenvalue weighted by molar-refractivity contribution is -0.118. The van der Waals surface area contributed by atoms with Crippen LogP contribution in [0.15, 0.2) is 0 Å². The van der Waals surface area contributed by atoms with E-state index in [0.29, 0.717) is 18.7 Å². The average molecular weight is 523 g/mol. The second-order valence-electron chi connectivity index (χ2n) is 6.46. The fraction of sp³-hybridized carbons (Fsp3) is 0.952. The topological polar surface area (TPSA) is 26.3 Å². The van der Waals surface area contributed by atoms with Gasteiger partial charge in [-0.1, -0.05) is 91.4 Å². The average Bonchev–Trinajstić information content (AvgIpc) is 2.68. The lowest BCUT2D eigenvalue weighted by atomic mass is 10.1. The molecule has 160 valence electrons. The zero-order valence-electron chi connectivity index (χ0n) is 17.9. The Bertz CT molecular complexity index is 238. The molecule has 2 nitrogen and oxygen atoms in total. The summed E-state index contributed by atoms with van der Waals surface area (Å²) < 4.78 is 5.28. The molecule has 0 amide bonds. The number of Topliss-reactive ketones (excluding diaryl/α,β-unsaturated/α-hetero) is 1. The Morgan fingerprint density at radius 3 is 1.62 bits per heavy atom. The largest absolute Gasteiger partial charge is 0.352 e. The number of ketones is 1. The Hall–Kier alpha value is 1.08. The van der Waals surface area contributed by atoms with Crippen LogP contribution in [0.3, 0.4) is 0 Å². The molecule has 0 rings (SSSR count). The molecule has 0 aliphatic heterocycles. The van der Waals surface area contributed by atoms with Crippen LogP contribution in [0.25, 0.3) is 0 Å². The first-order valence-corrected chi connectivity index (χ1v) is 15.4. The first kappa shape index (κ1) is 31.8. The van der Waals surface area contributed by atoms with Gasteiger partial charge in [0.1, 0.15) is 5.78 Å². The van der Waals surface area contributed by atoms with Crippen LogP contribution in [0.2, 0.25) is 0 Å². The molecule has 26 heavy (non-hydrogen) atoms. The van der Waals surface area contributed by atoms with E-state index in [-0.39, 0.29) is 0 Å². The second kappa shape index (κ2) is 33.6. The molecule has 1 unspecified atom stereocenters. The number of rotatable bonds is 17. The maximum Gasteiger partial charge on any atom is 0.132 e. The number of hydrogen-bond donors (Lipinski definition) is 0. The van der Waals surface area contributed by atoms with Crippen LogP contribution in [0.4, 0.5) is 0 Å². The van der Waals surface area contributed by atoms with Crippen LogP contribution in [0.1, 0.15) is 117 Å². The van der Waals surface area contributed by atoms with Crippen molar-refractivity contribution in [1.29, 1.82) is 0 Å². The van der Waals surface area contributed by atoms with Crippen LogP contribution < -0.4 is 0 Å². The van der Waals surface area contributed by atoms with Gasteiger partial charge in [-0.15, -0.1) is 11.6 Å². The summed E-state index contributed by atoms with van der Waals surface area (Å²) in [6.45, 7) is 7.98. The summed E-state index contributed by atoms with van der Waals surface area (Å²) in [4.78, 5) is 11.0. The van der Waals surface area contributed by atoms with Gasteiger partial charge < -0.3 is 4.52 Å². The van der Waals surface area contributed by atoms with Crippen molar-refractivity contribution in [2.24, 2.45) is 0 Å². The molecule has 0 aliphatic carbocycles. The van der Waals surface area contributed by atoms with Crippen LogP contribution >= 0.6 is 40.1 Å². The quantitative estimate of drug-likeness (QED) is 0.0823. The fourth-order valence-electron chi connectivity index (χ4n) is 2.45. The fourth-order valence-corrected chi connectivity index (χ4v) is 3.33. The Morgan fingerprint density at radius 2 is 1.19 bits per heavy atom. The van der Waals surface area contributed by atoms with Gasteiger partial charge in [0.05, 0.1) is 13.1 Å². The number of alkyl halides is 1. The lowest BCUT2D eigenvalue weighted by Gasteiger charge is -2.01. The monoisotopic (exact) mass is 522 g/mol. The molecular weight excluding hydrogens is 478 g/mol. The molecule has 0 radical (unpaired) electrons. The third kappa shape index (κ3) is 36.1. The molecule has 0 spiro atoms. The maximum atomic E-state index is 11.0. The van der Waals surface area contributed by atoms with Crippen LogP contribution in [0, 0.1) is 0 Å². The summed E-state index contributed by atoms with van der Waals surface area (Å²) in [7, 11) is 0. The number of unbranched alkanes of at least 4 members (excludes halogenated alkanes) is 11. The normalized spacial score (nSPS) is 10.2. The predicted molar refractivity (Wildman–Crippen MR) is 131 cm³/mol. The van der Waals surface area contributed by atoms with Gasteiger partial charge in [0, 0.05) is 19.2 Å². The van der Waals surface area contributed by atoms with Crippen molar-refractivity contribution in [2.75, 3.05) is 13.0 Å². The number of carbonyl (C=O) groups excluding carboxylic acids is 1. The highest BCUT2D eigenvalue weighted by atomic mass is 127. The molecule has 0 aromatic carbocycles. The molecule has 0 saturated heterocycles. The van der Waals surface area contributed by atoms with Crippen molar-refractivity contribution in [3.8, 4) is 0 Å². The van der Waals surface area contributed by atoms with Gasteiger partial charge in [-0.2, -0.15) is 0 Å². The van der Waals surface area contributed by atoms with Gasteiger partial charge in [0.25, 0.3) is 0 Å². The van der Waals surface area contributed by atoms with Crippen molar-refractivity contribution in [3.05, 3.63) is 0 Å². The smallest absolute Gasteiger partial charge is 0.132 e. The molecule has 5 heteroatoms. The third-order valence-electron chi connectivity index (χ3n) is 4.11. The Labute approximate surface area is 184 Å². The molecule has 0 saturated carbocycles. The van der Waals surface area contributed by atoms with Crippen molar-refractivity contribution in [3.63, 3.8) is 0 Å². The summed E-state index contributed by atoms with van der Waals surface area (Å²) in [5.41, 5.74) is 0. The summed E-state index contributed by atoms with van der Waals surface area (Å²) in [6.07, 6.45) is 20.2. The summed E-state index contributed by atoms with van der Waals surface area (Å²) in [6, 6.07) is 0. The van der Waals surface area contributed by atoms with Crippen LogP contribution in [0.5, 0.6) is 0 Å². The summed E-state index contributed by atoms with van der Waals surface area (Å²) in [5, 5.41) is 0. The van der Waals surface area contributed by atoms with E-state index in [0.717, 1.165) is 19.4 Å². The van der Waals surface area contributed by atoms with Gasteiger partial charge in [-0.25, -0.2) is 0 Å². The molecule has 0 aromatic heterocycles. The SMILES string of the molecule is CCC(=O)CCCCCCCCOPI.CCCCCCCCC.CCl. The van der Waals surface area contributed by atoms with Gasteiger partial charge in [-0.05, 0) is 34.9 Å². The highest BCUT2D eigenvalue weighted by Crippen LogP contribution is 2.22. The third-order valence-corrected chi connectivity index (χ3v) is 5.36. The standard InChI is InChI=1S/C11H22IO2P.C9H20.CH3Cl/c1-2-11(13)9-7-5-3-4-6-8-10-14-15-12;1-3-5-7-9-8-6-4-2;1-2/h15H,2-10H2,1H3;3-9H2,1-2H3;1H3. The van der Waals surface area contributed by atoms with Gasteiger partial charge >= 0.3 is 0 Å². The second-order valence-corrected chi connectivity index (χ2v) is 8.22. The van der Waals surface area contributed by atoms with E-state index in [1.165, 1.54) is 83.4 Å². The minimum atomic E-state index is 0.409. The number of carbonyl (C=O) groups is 1. The van der Waals surface area contributed by atoms with Crippen molar-refractivity contribution in [1.82, 2.24) is 0 Å². The number of hydrogen-bond acceptors (Lipinski definition) is 2. The number of halogens is 2. The minimum absolute atomic E-state index is 0.409. The van der Waals surface area contributed by atoms with Crippen molar-refractivity contribution < 1.29 is 9.32 Å². The highest BCUT2D eigenvalue weighted by molar-refractivity contribution is 14.2. The van der Waals surface area contributed by atoms with Gasteiger partial charge in [0.15, 0.2) is 0 Å². The van der Waals surface area contributed by atoms with Crippen LogP contribution in [-0.4, -0.2) is 18.8 Å². The molecule has 0 aliphatic rings. The Morgan fingerprint density at radius 1 is 0.769 bits per heavy atom. The summed E-state index contributed by atoms with van der Waals surface area (Å²) >= 11 is 6.89. The first-order chi connectivity index (χ1) is 12.7. The van der Waals surface area contributed by atoms with E-state index in [2.05, 4.69) is 47.5 Å². The zero-order valence-corrected chi connectivity index (χ0v) is 21.8. The van der Waals surface area contributed by atoms with E-state index in [4.69, 9.17) is 4.52 Å². The lowest BCUT2D eigenvalue weighted by Crippen LogP contribution is -1.94. The van der Waals surface area contributed by atoms with E-state index < -0.39 is 0 Å². The van der Waals surface area contributed by atoms with Crippen molar-refractivity contribution >= 4 is 45.9 Å². The molecule has 0 heterocycles. The molecule has 0 N–H and O–H groups in total. The molecule has 0 bridgehead atoms. The maximum absolute atomic E-state index is 11.0. The molecule has 0 fully saturated rings. The van der Waals surface area contributed by atoms with Gasteiger partial charge in [-0.3, -0.25) is 4.79 Å². The highest BCUT2D eigenvalue weighted by Gasteiger charge is 1.97. The zero-order chi connectivity index (χ0) is 20.3. The van der Waals surface area contributed by atoms with Crippen molar-refractivity contribution in [2.45, 2.75) is 117 Å². The summed E-state index contributed by atoms with van der Waals surface area (Å²) in [5.74, 6) is 0.409. The van der Waals surface area contributed by atoms with E-state index >= 15 is 0 Å². The van der Waals surface area contributed by atoms with Crippen LogP contribution in [-0.2, 0) is 9.32 Å². The van der Waals surface area contributed by atoms with Gasteiger partial charge in [0.2, 0.25) is 0 Å². The van der Waals surface area contributed by atoms with E-state index in [9.17, 15) is 4.79 Å². The first-order valence-electron chi connectivity index (χ1n) is 10.6. The predicted octanol–water partition coefficient (Wildman–Crippen LogP) is 9.27. The van der Waals surface area contributed by atoms with E-state index in [1.807, 2.05) is 6.92 Å². The Balaban J connectivity index is -0.000000411. The molecule has 0 aromatic rings.